The molecule has 8 nitrogen and oxygen atoms in total. The van der Waals surface area contributed by atoms with Gasteiger partial charge in [-0.05, 0) is 33.4 Å². The Morgan fingerprint density at radius 2 is 0.804 bits per heavy atom. The van der Waals surface area contributed by atoms with Crippen molar-refractivity contribution in [3.05, 3.63) is 201 Å². The Hall–Kier alpha value is -7.84. The lowest BCUT2D eigenvalue weighted by Gasteiger charge is -2.11. The van der Waals surface area contributed by atoms with Crippen molar-refractivity contribution in [3.63, 3.8) is 0 Å². The third-order valence-corrected chi connectivity index (χ3v) is 10.4. The molecule has 7 aromatic carbocycles. The molecular weight excluding hydrogens is 689 g/mol. The maximum Gasteiger partial charge on any atom is 0.452 e. The first-order chi connectivity index (χ1) is 27.8. The second-order valence-electron chi connectivity index (χ2n) is 13.8. The van der Waals surface area contributed by atoms with Gasteiger partial charge < -0.3 is 0 Å². The highest BCUT2D eigenvalue weighted by molar-refractivity contribution is 6.18. The lowest BCUT2D eigenvalue weighted by molar-refractivity contribution is -0.901. The molecule has 0 saturated heterocycles. The van der Waals surface area contributed by atoms with Gasteiger partial charge in [-0.1, -0.05) is 133 Å². The van der Waals surface area contributed by atoms with Crippen LogP contribution in [0.4, 0.5) is 0 Å². The predicted molar refractivity (Wildman–Crippen MR) is 219 cm³/mol. The molecule has 262 valence electrons. The summed E-state index contributed by atoms with van der Waals surface area (Å²) in [4.78, 5) is 15.3. The van der Waals surface area contributed by atoms with Crippen molar-refractivity contribution in [2.45, 2.75) is 0 Å². The van der Waals surface area contributed by atoms with Gasteiger partial charge in [0, 0.05) is 61.6 Å². The summed E-state index contributed by atoms with van der Waals surface area (Å²) in [6.07, 6.45) is 6.38. The highest BCUT2D eigenvalue weighted by Crippen LogP contribution is 2.38. The smallest absolute Gasteiger partial charge is 0.278 e. The summed E-state index contributed by atoms with van der Waals surface area (Å²) >= 11 is 0. The number of para-hydroxylation sites is 4. The summed E-state index contributed by atoms with van der Waals surface area (Å²) in [5.74, 6) is 1.81. The van der Waals surface area contributed by atoms with Crippen molar-refractivity contribution in [2.75, 3.05) is 0 Å². The Morgan fingerprint density at radius 1 is 0.357 bits per heavy atom. The molecule has 11 aromatic rings. The molecule has 0 saturated carbocycles. The van der Waals surface area contributed by atoms with Crippen molar-refractivity contribution in [1.82, 2.24) is 24.2 Å². The maximum absolute atomic E-state index is 5.17. The zero-order valence-electron chi connectivity index (χ0n) is 30.1. The highest BCUT2D eigenvalue weighted by atomic mass is 15.5. The molecule has 0 amide bonds. The molecule has 11 rings (SSSR count). The zero-order chi connectivity index (χ0) is 37.0. The van der Waals surface area contributed by atoms with Crippen LogP contribution in [0.2, 0.25) is 0 Å². The van der Waals surface area contributed by atoms with Gasteiger partial charge in [0.15, 0.2) is 11.6 Å². The van der Waals surface area contributed by atoms with E-state index in [1.807, 2.05) is 72.8 Å². The number of nitrogens with zero attached hydrogens (tertiary/aromatic N) is 8. The summed E-state index contributed by atoms with van der Waals surface area (Å²) in [5.41, 5.74) is 8.16. The number of hydrogen-bond donors (Lipinski definition) is 0. The molecule has 0 fully saturated rings. The molecule has 4 heterocycles. The number of fused-ring (bicyclic) bond motifs is 6. The fourth-order valence-corrected chi connectivity index (χ4v) is 7.82. The van der Waals surface area contributed by atoms with Crippen LogP contribution in [0.25, 0.3) is 83.7 Å². The second-order valence-corrected chi connectivity index (χ2v) is 13.8. The Bertz CT molecular complexity index is 2890. The van der Waals surface area contributed by atoms with E-state index in [4.69, 9.17) is 15.0 Å². The fraction of sp³-hybridized carbons (Fsp3) is 0. The van der Waals surface area contributed by atoms with Crippen molar-refractivity contribution >= 4 is 43.6 Å². The van der Waals surface area contributed by atoms with Crippen molar-refractivity contribution in [1.29, 1.82) is 0 Å². The normalized spacial score (nSPS) is 11.6. The molecule has 4 aromatic heterocycles. The van der Waals surface area contributed by atoms with Crippen LogP contribution in [-0.4, -0.2) is 24.2 Å². The molecule has 8 heteroatoms. The Balaban J connectivity index is 1.21. The minimum atomic E-state index is 0.567. The van der Waals surface area contributed by atoms with E-state index in [0.29, 0.717) is 17.6 Å². The van der Waals surface area contributed by atoms with E-state index in [9.17, 15) is 0 Å². The molecule has 0 radical (unpaired) electrons. The number of hydrogen-bond acceptors (Lipinski definition) is 3. The van der Waals surface area contributed by atoms with E-state index in [-0.39, 0.29) is 0 Å². The van der Waals surface area contributed by atoms with Gasteiger partial charge in [-0.3, -0.25) is 4.57 Å². The van der Waals surface area contributed by atoms with E-state index in [0.717, 1.165) is 66.1 Å². The average Bonchev–Trinajstić information content (AvgIpc) is 3.78. The van der Waals surface area contributed by atoms with Gasteiger partial charge in [-0.15, -0.1) is 4.68 Å². The van der Waals surface area contributed by atoms with Gasteiger partial charge in [0.1, 0.15) is 11.0 Å². The van der Waals surface area contributed by atoms with Crippen LogP contribution in [0.1, 0.15) is 0 Å². The van der Waals surface area contributed by atoms with E-state index < -0.39 is 0 Å². The molecule has 0 N–H and O–H groups in total. The van der Waals surface area contributed by atoms with Gasteiger partial charge in [-0.2, -0.15) is 9.97 Å². The number of aromatic nitrogens is 8. The lowest BCUT2D eigenvalue weighted by Crippen LogP contribution is -2.58. The molecule has 0 aliphatic heterocycles. The second kappa shape index (κ2) is 12.9. The van der Waals surface area contributed by atoms with Gasteiger partial charge in [0.2, 0.25) is 17.3 Å². The van der Waals surface area contributed by atoms with Gasteiger partial charge >= 0.3 is 19.0 Å². The van der Waals surface area contributed by atoms with E-state index >= 15 is 0 Å². The van der Waals surface area contributed by atoms with E-state index in [2.05, 4.69) is 151 Å². The van der Waals surface area contributed by atoms with E-state index in [1.54, 1.807) is 0 Å². The summed E-state index contributed by atoms with van der Waals surface area (Å²) in [7, 11) is 0. The van der Waals surface area contributed by atoms with Crippen LogP contribution in [0.5, 0.6) is 0 Å². The summed E-state index contributed by atoms with van der Waals surface area (Å²) in [6.45, 7) is 0. The van der Waals surface area contributed by atoms with Crippen LogP contribution in [0.15, 0.2) is 201 Å². The van der Waals surface area contributed by atoms with Crippen molar-refractivity contribution < 1.29 is 13.8 Å². The Kier molecular flexibility index (Phi) is 7.31. The van der Waals surface area contributed by atoms with Crippen LogP contribution in [-0.2, 0) is 0 Å². The zero-order valence-corrected chi connectivity index (χ0v) is 30.1. The molecule has 56 heavy (non-hydrogen) atoms. The summed E-state index contributed by atoms with van der Waals surface area (Å²) in [5, 5.41) is 4.47. The van der Waals surface area contributed by atoms with Crippen LogP contribution < -0.4 is 13.8 Å². The van der Waals surface area contributed by atoms with Crippen molar-refractivity contribution in [2.24, 2.45) is 0 Å². The van der Waals surface area contributed by atoms with Gasteiger partial charge in [0.25, 0.3) is 0 Å². The first-order valence-electron chi connectivity index (χ1n) is 18.6. The Morgan fingerprint density at radius 3 is 1.38 bits per heavy atom. The third kappa shape index (κ3) is 5.23. The fourth-order valence-electron chi connectivity index (χ4n) is 7.82. The molecule has 0 aliphatic rings. The van der Waals surface area contributed by atoms with Crippen molar-refractivity contribution in [3.8, 4) is 40.1 Å². The molecular formula is C48H33N8+3. The predicted octanol–water partition coefficient (Wildman–Crippen LogP) is 8.56. The minimum Gasteiger partial charge on any atom is -0.278 e. The quantitative estimate of drug-likeness (QED) is 0.162. The molecule has 0 spiro atoms. The highest BCUT2D eigenvalue weighted by Gasteiger charge is 2.29. The number of benzene rings is 7. The SMILES string of the molecule is c1ccc(-c2nc(-c3ccccc3)nc(-n3c4ccccc4c4cc5c(cc43)c3ccccc3n5-[n+]3c[n+](-c4ccccc4)c[n+](-c4ccccc4)c3)n2)cc1. The monoisotopic (exact) mass is 721 g/mol. The molecule has 0 aliphatic carbocycles. The minimum absolute atomic E-state index is 0.567. The van der Waals surface area contributed by atoms with Gasteiger partial charge in [0.05, 0.1) is 11.0 Å². The molecule has 0 unspecified atom stereocenters. The van der Waals surface area contributed by atoms with Crippen LogP contribution >= 0.6 is 0 Å². The summed E-state index contributed by atoms with van der Waals surface area (Å²) in [6, 6.07) is 62.9. The summed E-state index contributed by atoms with van der Waals surface area (Å²) < 4.78 is 11.0. The lowest BCUT2D eigenvalue weighted by atomic mass is 10.1. The topological polar surface area (TPSA) is 60.2 Å². The van der Waals surface area contributed by atoms with Crippen LogP contribution in [0.3, 0.4) is 0 Å². The van der Waals surface area contributed by atoms with Crippen LogP contribution in [0, 0.1) is 0 Å². The average molecular weight is 722 g/mol. The molecule has 0 bridgehead atoms. The third-order valence-electron chi connectivity index (χ3n) is 10.4. The first kappa shape index (κ1) is 31.7. The largest absolute Gasteiger partial charge is 0.452 e. The first-order valence-corrected chi connectivity index (χ1v) is 18.6. The molecule has 0 atom stereocenters. The maximum atomic E-state index is 5.17. The van der Waals surface area contributed by atoms with E-state index in [1.165, 1.54) is 0 Å². The van der Waals surface area contributed by atoms with Gasteiger partial charge in [-0.25, -0.2) is 4.98 Å². The number of rotatable bonds is 6. The standard InChI is InChI=1S/C48H33N8/c1-5-17-34(18-6-1)46-49-47(35-19-7-2-8-20-35)51-48(50-46)55-42-27-15-13-25-38(42)40-30-45-41(29-44(40)55)39-26-14-16-28-43(39)56(45)54-32-52(36-21-9-3-10-22-36)31-53(33-54)37-23-11-4-12-24-37/h1-33H/q+3. The Labute approximate surface area is 321 Å².